The molecular formula is C12H14ClNO2. The first-order valence-electron chi connectivity index (χ1n) is 5.20. The average Bonchev–Trinajstić information content (AvgIpc) is 2.78. The lowest BCUT2D eigenvalue weighted by atomic mass is 10.0. The lowest BCUT2D eigenvalue weighted by Crippen LogP contribution is -2.09. The first kappa shape index (κ1) is 11.4. The first-order chi connectivity index (χ1) is 7.83. The molecule has 0 amide bonds. The standard InChI is InChI=1S/C12H14ClNO2/c1-15-8-9-3-2-4-10(5-9)12-6-11(7-13)16-14-12/h2-5,11H,6-8H2,1H3. The number of ether oxygens (including phenoxy) is 1. The van der Waals surface area contributed by atoms with Gasteiger partial charge in [-0.3, -0.25) is 0 Å². The quantitative estimate of drug-likeness (QED) is 0.756. The molecule has 16 heavy (non-hydrogen) atoms. The van der Waals surface area contributed by atoms with Crippen molar-refractivity contribution in [2.75, 3.05) is 13.0 Å². The van der Waals surface area contributed by atoms with Crippen LogP contribution in [0.25, 0.3) is 0 Å². The van der Waals surface area contributed by atoms with Gasteiger partial charge in [-0.1, -0.05) is 23.4 Å². The minimum absolute atomic E-state index is 0.0164. The van der Waals surface area contributed by atoms with Crippen molar-refractivity contribution in [2.24, 2.45) is 5.16 Å². The normalized spacial score (nSPS) is 19.4. The van der Waals surface area contributed by atoms with Crippen LogP contribution >= 0.6 is 11.6 Å². The fourth-order valence-corrected chi connectivity index (χ4v) is 1.85. The van der Waals surface area contributed by atoms with Gasteiger partial charge in [-0.15, -0.1) is 11.6 Å². The maximum absolute atomic E-state index is 5.72. The van der Waals surface area contributed by atoms with Crippen LogP contribution in [0.2, 0.25) is 0 Å². The van der Waals surface area contributed by atoms with Crippen molar-refractivity contribution in [1.29, 1.82) is 0 Å². The molecule has 1 aromatic rings. The van der Waals surface area contributed by atoms with Crippen molar-refractivity contribution in [3.8, 4) is 0 Å². The van der Waals surface area contributed by atoms with Gasteiger partial charge >= 0.3 is 0 Å². The van der Waals surface area contributed by atoms with Crippen molar-refractivity contribution in [3.63, 3.8) is 0 Å². The highest BCUT2D eigenvalue weighted by atomic mass is 35.5. The predicted molar refractivity (Wildman–Crippen MR) is 63.9 cm³/mol. The molecule has 1 aliphatic heterocycles. The van der Waals surface area contributed by atoms with E-state index in [9.17, 15) is 0 Å². The number of alkyl halides is 1. The third-order valence-electron chi connectivity index (χ3n) is 2.48. The molecule has 0 radical (unpaired) electrons. The highest BCUT2D eigenvalue weighted by Gasteiger charge is 2.21. The molecule has 1 aliphatic rings. The van der Waals surface area contributed by atoms with Gasteiger partial charge in [0.25, 0.3) is 0 Å². The summed E-state index contributed by atoms with van der Waals surface area (Å²) in [5, 5.41) is 4.05. The van der Waals surface area contributed by atoms with Crippen LogP contribution in [0, 0.1) is 0 Å². The Labute approximate surface area is 100.0 Å². The van der Waals surface area contributed by atoms with E-state index in [0.717, 1.165) is 23.3 Å². The Hall–Kier alpha value is -1.06. The molecule has 0 fully saturated rings. The second-order valence-electron chi connectivity index (χ2n) is 3.76. The zero-order valence-electron chi connectivity index (χ0n) is 9.15. The fraction of sp³-hybridized carbons (Fsp3) is 0.417. The fourth-order valence-electron chi connectivity index (χ4n) is 1.69. The molecule has 0 bridgehead atoms. The van der Waals surface area contributed by atoms with Gasteiger partial charge in [0.1, 0.15) is 6.10 Å². The number of methoxy groups -OCH3 is 1. The van der Waals surface area contributed by atoms with Gasteiger partial charge in [0.05, 0.1) is 18.2 Å². The van der Waals surface area contributed by atoms with Crippen LogP contribution in [0.4, 0.5) is 0 Å². The largest absolute Gasteiger partial charge is 0.391 e. The molecule has 0 N–H and O–H groups in total. The SMILES string of the molecule is COCc1cccc(C2=NOC(CCl)C2)c1. The molecule has 0 aromatic heterocycles. The maximum atomic E-state index is 5.72. The molecular weight excluding hydrogens is 226 g/mol. The van der Waals surface area contributed by atoms with E-state index in [1.807, 2.05) is 18.2 Å². The van der Waals surface area contributed by atoms with Gasteiger partial charge < -0.3 is 9.57 Å². The summed E-state index contributed by atoms with van der Waals surface area (Å²) in [4.78, 5) is 5.19. The zero-order chi connectivity index (χ0) is 11.4. The van der Waals surface area contributed by atoms with E-state index in [4.69, 9.17) is 21.2 Å². The molecule has 4 heteroatoms. The Kier molecular flexibility index (Phi) is 3.80. The molecule has 0 saturated heterocycles. The van der Waals surface area contributed by atoms with Crippen LogP contribution in [0.15, 0.2) is 29.4 Å². The number of rotatable bonds is 4. The van der Waals surface area contributed by atoms with E-state index in [-0.39, 0.29) is 6.10 Å². The molecule has 0 saturated carbocycles. The van der Waals surface area contributed by atoms with Crippen molar-refractivity contribution in [3.05, 3.63) is 35.4 Å². The van der Waals surface area contributed by atoms with E-state index < -0.39 is 0 Å². The minimum atomic E-state index is 0.0164. The van der Waals surface area contributed by atoms with Crippen LogP contribution in [0.1, 0.15) is 17.5 Å². The number of benzene rings is 1. The zero-order valence-corrected chi connectivity index (χ0v) is 9.91. The van der Waals surface area contributed by atoms with E-state index in [1.54, 1.807) is 7.11 Å². The Morgan fingerprint density at radius 2 is 2.44 bits per heavy atom. The molecule has 1 unspecified atom stereocenters. The van der Waals surface area contributed by atoms with Crippen LogP contribution in [0.3, 0.4) is 0 Å². The Morgan fingerprint density at radius 3 is 3.12 bits per heavy atom. The summed E-state index contributed by atoms with van der Waals surface area (Å²) in [6, 6.07) is 8.13. The summed E-state index contributed by atoms with van der Waals surface area (Å²) in [7, 11) is 1.69. The summed E-state index contributed by atoms with van der Waals surface area (Å²) in [6.07, 6.45) is 0.794. The van der Waals surface area contributed by atoms with Gasteiger partial charge in [-0.2, -0.15) is 0 Å². The summed E-state index contributed by atoms with van der Waals surface area (Å²) in [5.41, 5.74) is 3.18. The molecule has 1 atom stereocenters. The van der Waals surface area contributed by atoms with Gasteiger partial charge in [-0.05, 0) is 17.2 Å². The second-order valence-corrected chi connectivity index (χ2v) is 4.07. The number of halogens is 1. The van der Waals surface area contributed by atoms with Gasteiger partial charge in [-0.25, -0.2) is 0 Å². The first-order valence-corrected chi connectivity index (χ1v) is 5.74. The van der Waals surface area contributed by atoms with Crippen molar-refractivity contribution < 1.29 is 9.57 Å². The van der Waals surface area contributed by atoms with E-state index >= 15 is 0 Å². The summed E-state index contributed by atoms with van der Waals surface area (Å²) < 4.78 is 5.10. The highest BCUT2D eigenvalue weighted by molar-refractivity contribution is 6.18. The highest BCUT2D eigenvalue weighted by Crippen LogP contribution is 2.18. The topological polar surface area (TPSA) is 30.8 Å². The molecule has 2 rings (SSSR count). The maximum Gasteiger partial charge on any atom is 0.146 e. The number of oxime groups is 1. The van der Waals surface area contributed by atoms with Crippen molar-refractivity contribution in [2.45, 2.75) is 19.1 Å². The Balaban J connectivity index is 2.12. The third kappa shape index (κ3) is 2.54. The molecule has 86 valence electrons. The monoisotopic (exact) mass is 239 g/mol. The number of nitrogens with zero attached hydrogens (tertiary/aromatic N) is 1. The number of hydrogen-bond donors (Lipinski definition) is 0. The number of hydrogen-bond acceptors (Lipinski definition) is 3. The molecule has 1 heterocycles. The Bertz CT molecular complexity index is 392. The van der Waals surface area contributed by atoms with Gasteiger partial charge in [0.2, 0.25) is 0 Å². The van der Waals surface area contributed by atoms with Crippen molar-refractivity contribution in [1.82, 2.24) is 0 Å². The van der Waals surface area contributed by atoms with E-state index in [1.165, 1.54) is 0 Å². The van der Waals surface area contributed by atoms with E-state index in [0.29, 0.717) is 12.5 Å². The van der Waals surface area contributed by atoms with Crippen molar-refractivity contribution >= 4 is 17.3 Å². The van der Waals surface area contributed by atoms with E-state index in [2.05, 4.69) is 11.2 Å². The molecule has 1 aromatic carbocycles. The van der Waals surface area contributed by atoms with Gasteiger partial charge in [0.15, 0.2) is 0 Å². The second kappa shape index (κ2) is 5.32. The predicted octanol–water partition coefficient (Wildman–Crippen LogP) is 2.56. The van der Waals surface area contributed by atoms with Crippen LogP contribution < -0.4 is 0 Å². The summed E-state index contributed by atoms with van der Waals surface area (Å²) in [5.74, 6) is 0.477. The smallest absolute Gasteiger partial charge is 0.146 e. The van der Waals surface area contributed by atoms with Crippen LogP contribution in [-0.2, 0) is 16.2 Å². The Morgan fingerprint density at radius 1 is 1.56 bits per heavy atom. The lowest BCUT2D eigenvalue weighted by molar-refractivity contribution is 0.102. The van der Waals surface area contributed by atoms with Gasteiger partial charge in [0, 0.05) is 13.5 Å². The molecule has 0 aliphatic carbocycles. The average molecular weight is 240 g/mol. The lowest BCUT2D eigenvalue weighted by Gasteiger charge is -2.03. The van der Waals surface area contributed by atoms with Crippen LogP contribution in [-0.4, -0.2) is 24.8 Å². The molecule has 3 nitrogen and oxygen atoms in total. The van der Waals surface area contributed by atoms with Crippen LogP contribution in [0.5, 0.6) is 0 Å². The summed E-state index contributed by atoms with van der Waals surface area (Å²) >= 11 is 5.72. The minimum Gasteiger partial charge on any atom is -0.391 e. The molecule has 0 spiro atoms. The summed E-state index contributed by atoms with van der Waals surface area (Å²) in [6.45, 7) is 0.612. The third-order valence-corrected chi connectivity index (χ3v) is 2.82.